The number of fused-ring (bicyclic) bond motifs is 1. The fourth-order valence-corrected chi connectivity index (χ4v) is 2.19. The summed E-state index contributed by atoms with van der Waals surface area (Å²) in [5, 5.41) is 15.8. The maximum Gasteiger partial charge on any atom is 0.268 e. The van der Waals surface area contributed by atoms with E-state index in [1.807, 2.05) is 0 Å². The Balaban J connectivity index is 2.23. The summed E-state index contributed by atoms with van der Waals surface area (Å²) in [6.07, 6.45) is -1.01. The number of aliphatic hydroxyl groups excluding tert-OH is 1. The summed E-state index contributed by atoms with van der Waals surface area (Å²) in [6, 6.07) is 5.83. The summed E-state index contributed by atoms with van der Waals surface area (Å²) >= 11 is 5.89. The van der Waals surface area contributed by atoms with Crippen molar-refractivity contribution in [3.05, 3.63) is 35.0 Å². The van der Waals surface area contributed by atoms with E-state index in [-0.39, 0.29) is 0 Å². The molecular weight excluding hydrogens is 294 g/mol. The van der Waals surface area contributed by atoms with Crippen LogP contribution in [0.25, 0.3) is 10.9 Å². The fourth-order valence-electron chi connectivity index (χ4n) is 2.01. The smallest absolute Gasteiger partial charge is 0.268 e. The van der Waals surface area contributed by atoms with Crippen LogP contribution in [0.5, 0.6) is 0 Å². The van der Waals surface area contributed by atoms with Gasteiger partial charge in [0.05, 0.1) is 6.10 Å². The monoisotopic (exact) mass is 309 g/mol. The summed E-state index contributed by atoms with van der Waals surface area (Å²) in [5.41, 5.74) is 1.06. The average molecular weight is 310 g/mol. The number of amides is 2. The van der Waals surface area contributed by atoms with Gasteiger partial charge in [0.25, 0.3) is 5.91 Å². The van der Waals surface area contributed by atoms with Crippen molar-refractivity contribution >= 4 is 34.3 Å². The predicted octanol–water partition coefficient (Wildman–Crippen LogP) is 1.05. The van der Waals surface area contributed by atoms with Crippen molar-refractivity contribution in [1.82, 2.24) is 15.6 Å². The molecule has 0 saturated heterocycles. The molecule has 0 spiro atoms. The van der Waals surface area contributed by atoms with Crippen molar-refractivity contribution in [2.24, 2.45) is 0 Å². The Morgan fingerprint density at radius 3 is 2.67 bits per heavy atom. The van der Waals surface area contributed by atoms with Crippen LogP contribution in [0, 0.1) is 0 Å². The molecule has 2 aromatic rings. The van der Waals surface area contributed by atoms with Gasteiger partial charge in [-0.1, -0.05) is 11.6 Å². The van der Waals surface area contributed by atoms with Crippen LogP contribution < -0.4 is 10.6 Å². The second-order valence-electron chi connectivity index (χ2n) is 4.72. The number of halogens is 1. The molecule has 7 heteroatoms. The maximum atomic E-state index is 12.2. The number of carbonyl (C=O) groups is 2. The van der Waals surface area contributed by atoms with Crippen LogP contribution in [-0.2, 0) is 4.79 Å². The highest BCUT2D eigenvalue weighted by Crippen LogP contribution is 2.20. The van der Waals surface area contributed by atoms with Crippen LogP contribution in [-0.4, -0.2) is 41.1 Å². The number of rotatable bonds is 4. The highest BCUT2D eigenvalue weighted by Gasteiger charge is 2.25. The van der Waals surface area contributed by atoms with Crippen LogP contribution in [0.3, 0.4) is 0 Å². The standard InChI is InChI=1S/C14H16ClN3O3/c1-7(19)12(14(21)16-2)18-13(20)11-6-8-5-9(15)3-4-10(8)17-11/h3-7,12,17,19H,1-2H3,(H,16,21)(H,18,20)/t7-,12+/m1/s1. The van der Waals surface area contributed by atoms with E-state index >= 15 is 0 Å². The zero-order valence-corrected chi connectivity index (χ0v) is 12.4. The summed E-state index contributed by atoms with van der Waals surface area (Å²) in [4.78, 5) is 26.7. The third kappa shape index (κ3) is 3.34. The number of aromatic amines is 1. The molecule has 0 fully saturated rings. The van der Waals surface area contributed by atoms with E-state index in [9.17, 15) is 14.7 Å². The molecule has 0 aliphatic rings. The number of nitrogens with one attached hydrogen (secondary N) is 3. The number of hydrogen-bond acceptors (Lipinski definition) is 3. The molecule has 0 unspecified atom stereocenters. The first-order valence-electron chi connectivity index (χ1n) is 6.41. The molecule has 0 bridgehead atoms. The van der Waals surface area contributed by atoms with Crippen LogP contribution in [0.1, 0.15) is 17.4 Å². The minimum absolute atomic E-state index is 0.293. The summed E-state index contributed by atoms with van der Waals surface area (Å²) in [6.45, 7) is 1.44. The lowest BCUT2D eigenvalue weighted by Gasteiger charge is -2.19. The number of likely N-dealkylation sites (N-methyl/N-ethyl adjacent to an activating group) is 1. The van der Waals surface area contributed by atoms with Gasteiger partial charge < -0.3 is 20.7 Å². The Morgan fingerprint density at radius 1 is 1.33 bits per heavy atom. The number of benzene rings is 1. The average Bonchev–Trinajstić information content (AvgIpc) is 2.86. The minimum atomic E-state index is -1.02. The molecule has 2 atom stereocenters. The molecule has 4 N–H and O–H groups in total. The lowest BCUT2D eigenvalue weighted by molar-refractivity contribution is -0.124. The van der Waals surface area contributed by atoms with Gasteiger partial charge in [-0.15, -0.1) is 0 Å². The first kappa shape index (κ1) is 15.3. The van der Waals surface area contributed by atoms with Gasteiger partial charge in [-0.25, -0.2) is 0 Å². The summed E-state index contributed by atoms with van der Waals surface area (Å²) in [5.74, 6) is -0.936. The van der Waals surface area contributed by atoms with E-state index in [0.29, 0.717) is 10.7 Å². The fraction of sp³-hybridized carbons (Fsp3) is 0.286. The van der Waals surface area contributed by atoms with E-state index in [4.69, 9.17) is 11.6 Å². The van der Waals surface area contributed by atoms with Gasteiger partial charge in [0, 0.05) is 23.0 Å². The molecule has 0 saturated carbocycles. The van der Waals surface area contributed by atoms with Crippen LogP contribution in [0.4, 0.5) is 0 Å². The van der Waals surface area contributed by atoms with Crippen LogP contribution in [0.15, 0.2) is 24.3 Å². The molecule has 1 aromatic heterocycles. The van der Waals surface area contributed by atoms with E-state index in [1.54, 1.807) is 24.3 Å². The Bertz CT molecular complexity index is 681. The second-order valence-corrected chi connectivity index (χ2v) is 5.16. The van der Waals surface area contributed by atoms with Gasteiger partial charge in [-0.05, 0) is 31.2 Å². The number of H-pyrrole nitrogens is 1. The van der Waals surface area contributed by atoms with Gasteiger partial charge >= 0.3 is 0 Å². The summed E-state index contributed by atoms with van der Waals surface area (Å²) in [7, 11) is 1.44. The van der Waals surface area contributed by atoms with E-state index in [2.05, 4.69) is 15.6 Å². The molecular formula is C14H16ClN3O3. The lowest BCUT2D eigenvalue weighted by atomic mass is 10.1. The highest BCUT2D eigenvalue weighted by atomic mass is 35.5. The van der Waals surface area contributed by atoms with Gasteiger partial charge in [-0.3, -0.25) is 9.59 Å². The minimum Gasteiger partial charge on any atom is -0.391 e. The lowest BCUT2D eigenvalue weighted by Crippen LogP contribution is -2.51. The normalized spacial score (nSPS) is 13.7. The molecule has 2 amide bonds. The highest BCUT2D eigenvalue weighted by molar-refractivity contribution is 6.31. The zero-order valence-electron chi connectivity index (χ0n) is 11.6. The van der Waals surface area contributed by atoms with Gasteiger partial charge in [0.15, 0.2) is 0 Å². The molecule has 2 rings (SSSR count). The number of hydrogen-bond donors (Lipinski definition) is 4. The molecule has 1 heterocycles. The topological polar surface area (TPSA) is 94.2 Å². The zero-order chi connectivity index (χ0) is 15.6. The van der Waals surface area contributed by atoms with Gasteiger partial charge in [-0.2, -0.15) is 0 Å². The number of aromatic nitrogens is 1. The van der Waals surface area contributed by atoms with Crippen molar-refractivity contribution < 1.29 is 14.7 Å². The van der Waals surface area contributed by atoms with Gasteiger partial charge in [0.2, 0.25) is 5.91 Å². The van der Waals surface area contributed by atoms with E-state index in [0.717, 1.165) is 10.9 Å². The maximum absolute atomic E-state index is 12.2. The molecule has 6 nitrogen and oxygen atoms in total. The SMILES string of the molecule is CNC(=O)[C@@H](NC(=O)c1cc2cc(Cl)ccc2[nH]1)[C@@H](C)O. The first-order chi connectivity index (χ1) is 9.92. The Hall–Kier alpha value is -2.05. The van der Waals surface area contributed by atoms with Crippen LogP contribution >= 0.6 is 11.6 Å². The third-order valence-electron chi connectivity index (χ3n) is 3.13. The Kier molecular flexibility index (Phi) is 4.50. The first-order valence-corrected chi connectivity index (χ1v) is 6.79. The molecule has 112 valence electrons. The number of carbonyl (C=O) groups excluding carboxylic acids is 2. The van der Waals surface area contributed by atoms with Crippen molar-refractivity contribution in [3.8, 4) is 0 Å². The van der Waals surface area contributed by atoms with E-state index in [1.165, 1.54) is 14.0 Å². The molecule has 1 aromatic carbocycles. The van der Waals surface area contributed by atoms with Crippen molar-refractivity contribution in [2.45, 2.75) is 19.1 Å². The predicted molar refractivity (Wildman–Crippen MR) is 80.3 cm³/mol. The molecule has 0 radical (unpaired) electrons. The van der Waals surface area contributed by atoms with Gasteiger partial charge in [0.1, 0.15) is 11.7 Å². The molecule has 21 heavy (non-hydrogen) atoms. The third-order valence-corrected chi connectivity index (χ3v) is 3.36. The second kappa shape index (κ2) is 6.15. The van der Waals surface area contributed by atoms with E-state index < -0.39 is 24.0 Å². The Labute approximate surface area is 126 Å². The van der Waals surface area contributed by atoms with Crippen molar-refractivity contribution in [1.29, 1.82) is 0 Å². The largest absolute Gasteiger partial charge is 0.391 e. The van der Waals surface area contributed by atoms with Crippen molar-refractivity contribution in [3.63, 3.8) is 0 Å². The van der Waals surface area contributed by atoms with Crippen LogP contribution in [0.2, 0.25) is 5.02 Å². The molecule has 0 aliphatic carbocycles. The summed E-state index contributed by atoms with van der Waals surface area (Å²) < 4.78 is 0. The Morgan fingerprint density at radius 2 is 2.05 bits per heavy atom. The number of aliphatic hydroxyl groups is 1. The molecule has 0 aliphatic heterocycles. The quantitative estimate of drug-likeness (QED) is 0.680. The van der Waals surface area contributed by atoms with Crippen molar-refractivity contribution in [2.75, 3.05) is 7.05 Å².